The number of hydrogen-bond donors (Lipinski definition) is 2. The number of benzene rings is 1. The average Bonchev–Trinajstić information content (AvgIpc) is 2.49. The third kappa shape index (κ3) is 4.26. The van der Waals surface area contributed by atoms with Crippen molar-refractivity contribution in [2.24, 2.45) is 0 Å². The second-order valence-corrected chi connectivity index (χ2v) is 5.73. The van der Waals surface area contributed by atoms with Crippen molar-refractivity contribution in [2.45, 2.75) is 24.6 Å². The molecule has 110 valence electrons. The summed E-state index contributed by atoms with van der Waals surface area (Å²) >= 11 is 3.36. The number of carbonyl (C=O) groups is 1. The average molecular weight is 350 g/mol. The fourth-order valence-electron chi connectivity index (χ4n) is 1.83. The van der Waals surface area contributed by atoms with Crippen LogP contribution in [0.15, 0.2) is 41.2 Å². The van der Waals surface area contributed by atoms with Crippen molar-refractivity contribution >= 4 is 27.5 Å². The number of amides is 1. The molecule has 0 aliphatic heterocycles. The summed E-state index contributed by atoms with van der Waals surface area (Å²) in [6, 6.07) is 10.4. The Kier molecular flexibility index (Phi) is 5.27. The first-order valence-corrected chi connectivity index (χ1v) is 7.63. The van der Waals surface area contributed by atoms with Crippen molar-refractivity contribution in [1.29, 1.82) is 0 Å². The lowest BCUT2D eigenvalue weighted by atomic mass is 10.1. The zero-order chi connectivity index (χ0) is 15.2. The van der Waals surface area contributed by atoms with Crippen LogP contribution in [0.5, 0.6) is 0 Å². The van der Waals surface area contributed by atoms with E-state index in [1.54, 1.807) is 6.07 Å². The van der Waals surface area contributed by atoms with E-state index in [1.807, 2.05) is 31.2 Å². The van der Waals surface area contributed by atoms with Gasteiger partial charge < -0.3 is 5.32 Å². The number of anilines is 1. The zero-order valence-electron chi connectivity index (χ0n) is 11.6. The summed E-state index contributed by atoms with van der Waals surface area (Å²) in [6.45, 7) is 2.04. The molecule has 1 aromatic heterocycles. The van der Waals surface area contributed by atoms with E-state index in [1.165, 1.54) is 6.07 Å². The number of aromatic nitrogens is 2. The molecule has 6 heteroatoms. The van der Waals surface area contributed by atoms with E-state index in [2.05, 4.69) is 31.4 Å². The lowest BCUT2D eigenvalue weighted by Crippen LogP contribution is -2.22. The summed E-state index contributed by atoms with van der Waals surface area (Å²) < 4.78 is 0. The molecule has 0 saturated heterocycles. The van der Waals surface area contributed by atoms with E-state index in [0.717, 1.165) is 24.1 Å². The highest BCUT2D eigenvalue weighted by molar-refractivity contribution is 9.10. The molecule has 5 nitrogen and oxygen atoms in total. The lowest BCUT2D eigenvalue weighted by molar-refractivity contribution is -0.115. The molecule has 0 fully saturated rings. The highest BCUT2D eigenvalue weighted by atomic mass is 79.9. The fourth-order valence-corrected chi connectivity index (χ4v) is 2.41. The predicted molar refractivity (Wildman–Crippen MR) is 86.5 cm³/mol. The van der Waals surface area contributed by atoms with Gasteiger partial charge in [-0.05, 0) is 24.6 Å². The Hall–Kier alpha value is -1.95. The summed E-state index contributed by atoms with van der Waals surface area (Å²) in [5.74, 6) is -0.0493. The first kappa shape index (κ1) is 15.4. The number of hydrogen-bond acceptors (Lipinski definition) is 3. The van der Waals surface area contributed by atoms with Crippen molar-refractivity contribution in [1.82, 2.24) is 10.2 Å². The van der Waals surface area contributed by atoms with Crippen LogP contribution in [0.1, 0.15) is 19.8 Å². The van der Waals surface area contributed by atoms with E-state index in [9.17, 15) is 9.59 Å². The van der Waals surface area contributed by atoms with Crippen molar-refractivity contribution in [3.8, 4) is 11.3 Å². The van der Waals surface area contributed by atoms with Gasteiger partial charge >= 0.3 is 0 Å². The standard InChI is InChI=1S/C15H16BrN3O2/c1-2-3-12(16)15(21)17-11-6-4-10(5-7-11)13-8-9-14(20)19-18-13/h4-9,12H,2-3H2,1H3,(H,17,21)(H,19,20). The first-order chi connectivity index (χ1) is 10.1. The van der Waals surface area contributed by atoms with Crippen LogP contribution in [-0.2, 0) is 4.79 Å². The van der Waals surface area contributed by atoms with Crippen LogP contribution in [0.25, 0.3) is 11.3 Å². The molecule has 1 unspecified atom stereocenters. The number of aromatic amines is 1. The van der Waals surface area contributed by atoms with Crippen LogP contribution < -0.4 is 10.9 Å². The van der Waals surface area contributed by atoms with Crippen LogP contribution in [-0.4, -0.2) is 20.9 Å². The molecule has 21 heavy (non-hydrogen) atoms. The Balaban J connectivity index is 2.07. The van der Waals surface area contributed by atoms with Crippen LogP contribution in [0.2, 0.25) is 0 Å². The molecule has 1 amide bonds. The number of nitrogens with zero attached hydrogens (tertiary/aromatic N) is 1. The normalized spacial score (nSPS) is 11.9. The summed E-state index contributed by atoms with van der Waals surface area (Å²) in [5, 5.41) is 9.20. The molecule has 1 aromatic carbocycles. The number of nitrogens with one attached hydrogen (secondary N) is 2. The van der Waals surface area contributed by atoms with Gasteiger partial charge in [-0.2, -0.15) is 5.10 Å². The molecular formula is C15H16BrN3O2. The van der Waals surface area contributed by atoms with Gasteiger partial charge in [0.25, 0.3) is 5.56 Å². The number of halogens is 1. The highest BCUT2D eigenvalue weighted by Crippen LogP contribution is 2.19. The zero-order valence-corrected chi connectivity index (χ0v) is 13.2. The Morgan fingerprint density at radius 3 is 2.57 bits per heavy atom. The maximum absolute atomic E-state index is 11.9. The van der Waals surface area contributed by atoms with Gasteiger partial charge in [0.15, 0.2) is 0 Å². The van der Waals surface area contributed by atoms with Gasteiger partial charge in [-0.1, -0.05) is 41.4 Å². The summed E-state index contributed by atoms with van der Waals surface area (Å²) in [4.78, 5) is 22.7. The second-order valence-electron chi connectivity index (χ2n) is 4.63. The monoisotopic (exact) mass is 349 g/mol. The topological polar surface area (TPSA) is 74.8 Å². The fraction of sp³-hybridized carbons (Fsp3) is 0.267. The molecule has 0 aliphatic carbocycles. The van der Waals surface area contributed by atoms with Crippen LogP contribution >= 0.6 is 15.9 Å². The lowest BCUT2D eigenvalue weighted by Gasteiger charge is -2.10. The number of rotatable bonds is 5. The molecule has 2 N–H and O–H groups in total. The highest BCUT2D eigenvalue weighted by Gasteiger charge is 2.13. The van der Waals surface area contributed by atoms with Crippen molar-refractivity contribution in [3.63, 3.8) is 0 Å². The quantitative estimate of drug-likeness (QED) is 0.815. The molecule has 0 bridgehead atoms. The number of alkyl halides is 1. The number of carbonyl (C=O) groups excluding carboxylic acids is 1. The first-order valence-electron chi connectivity index (χ1n) is 6.71. The summed E-state index contributed by atoms with van der Waals surface area (Å²) in [6.07, 6.45) is 1.74. The Bertz CT molecular complexity index is 647. The third-order valence-electron chi connectivity index (χ3n) is 2.95. The minimum Gasteiger partial charge on any atom is -0.325 e. The van der Waals surface area contributed by atoms with Gasteiger partial charge in [0.05, 0.1) is 10.5 Å². The Labute approximate surface area is 130 Å². The van der Waals surface area contributed by atoms with Crippen molar-refractivity contribution in [3.05, 3.63) is 46.8 Å². The van der Waals surface area contributed by atoms with Gasteiger partial charge in [0, 0.05) is 17.3 Å². The SMILES string of the molecule is CCCC(Br)C(=O)Nc1ccc(-c2ccc(=O)[nH]n2)cc1. The third-order valence-corrected chi connectivity index (χ3v) is 3.83. The van der Waals surface area contributed by atoms with Crippen LogP contribution in [0, 0.1) is 0 Å². The summed E-state index contributed by atoms with van der Waals surface area (Å²) in [5.41, 5.74) is 2.04. The van der Waals surface area contributed by atoms with E-state index >= 15 is 0 Å². The minimum atomic E-state index is -0.234. The molecule has 0 spiro atoms. The van der Waals surface area contributed by atoms with Gasteiger partial charge in [0.2, 0.25) is 5.91 Å². The maximum Gasteiger partial charge on any atom is 0.264 e. The number of H-pyrrole nitrogens is 1. The van der Waals surface area contributed by atoms with Crippen molar-refractivity contribution in [2.75, 3.05) is 5.32 Å². The van der Waals surface area contributed by atoms with E-state index in [0.29, 0.717) is 5.69 Å². The van der Waals surface area contributed by atoms with Crippen molar-refractivity contribution < 1.29 is 4.79 Å². The van der Waals surface area contributed by atoms with Gasteiger partial charge in [0.1, 0.15) is 0 Å². The van der Waals surface area contributed by atoms with E-state index in [4.69, 9.17) is 0 Å². The molecular weight excluding hydrogens is 334 g/mol. The van der Waals surface area contributed by atoms with Gasteiger partial charge in [-0.25, -0.2) is 5.10 Å². The molecule has 2 aromatic rings. The minimum absolute atomic E-state index is 0.0493. The smallest absolute Gasteiger partial charge is 0.264 e. The molecule has 2 rings (SSSR count). The summed E-state index contributed by atoms with van der Waals surface area (Å²) in [7, 11) is 0. The second kappa shape index (κ2) is 7.17. The Morgan fingerprint density at radius 1 is 1.29 bits per heavy atom. The predicted octanol–water partition coefficient (Wildman–Crippen LogP) is 2.94. The molecule has 0 aliphatic rings. The van der Waals surface area contributed by atoms with E-state index in [-0.39, 0.29) is 16.3 Å². The van der Waals surface area contributed by atoms with Gasteiger partial charge in [-0.15, -0.1) is 0 Å². The van der Waals surface area contributed by atoms with Crippen LogP contribution in [0.3, 0.4) is 0 Å². The molecule has 0 saturated carbocycles. The molecule has 1 atom stereocenters. The maximum atomic E-state index is 11.9. The van der Waals surface area contributed by atoms with Crippen LogP contribution in [0.4, 0.5) is 5.69 Å². The molecule has 0 radical (unpaired) electrons. The van der Waals surface area contributed by atoms with Gasteiger partial charge in [-0.3, -0.25) is 9.59 Å². The Morgan fingerprint density at radius 2 is 2.00 bits per heavy atom. The van der Waals surface area contributed by atoms with E-state index < -0.39 is 0 Å². The largest absolute Gasteiger partial charge is 0.325 e. The molecule has 1 heterocycles.